The van der Waals surface area contributed by atoms with Gasteiger partial charge in [-0.25, -0.2) is 4.39 Å². The molecule has 2 aromatic rings. The minimum absolute atomic E-state index is 0.355. The highest BCUT2D eigenvalue weighted by Gasteiger charge is 2.28. The molecule has 0 amide bonds. The number of halogens is 1. The van der Waals surface area contributed by atoms with Gasteiger partial charge in [-0.2, -0.15) is 4.98 Å². The quantitative estimate of drug-likeness (QED) is 0.826. The lowest BCUT2D eigenvalue weighted by Gasteiger charge is -2.24. The van der Waals surface area contributed by atoms with Crippen LogP contribution in [-0.2, 0) is 13.0 Å². The van der Waals surface area contributed by atoms with E-state index in [0.29, 0.717) is 36.4 Å². The van der Waals surface area contributed by atoms with Crippen molar-refractivity contribution < 1.29 is 14.0 Å². The van der Waals surface area contributed by atoms with Crippen molar-refractivity contribution in [3.05, 3.63) is 47.4 Å². The average Bonchev–Trinajstić information content (AvgIpc) is 3.24. The van der Waals surface area contributed by atoms with Crippen molar-refractivity contribution in [2.45, 2.75) is 38.5 Å². The lowest BCUT2D eigenvalue weighted by atomic mass is 10.1. The predicted octanol–water partition coefficient (Wildman–Crippen LogP) is 2.01. The second-order valence-corrected chi connectivity index (χ2v) is 6.61. The molecule has 1 aromatic carbocycles. The first-order chi connectivity index (χ1) is 12.1. The van der Waals surface area contributed by atoms with Crippen LogP contribution in [0, 0.1) is 5.82 Å². The number of nitrogens with zero attached hydrogens (tertiary/aromatic N) is 4. The normalized spacial score (nSPS) is 19.6. The molecule has 0 aliphatic carbocycles. The van der Waals surface area contributed by atoms with Crippen molar-refractivity contribution in [3.63, 3.8) is 0 Å². The molecule has 3 rings (SSSR count). The van der Waals surface area contributed by atoms with Crippen molar-refractivity contribution in [3.8, 4) is 0 Å². The summed E-state index contributed by atoms with van der Waals surface area (Å²) in [7, 11) is 2.05. The average molecular weight is 348 g/mol. The van der Waals surface area contributed by atoms with Gasteiger partial charge in [0.25, 0.3) is 0 Å². The number of hydrogen-bond donors (Lipinski definition) is 1. The summed E-state index contributed by atoms with van der Waals surface area (Å²) in [5, 5.41) is 14.3. The van der Waals surface area contributed by atoms with E-state index in [1.807, 2.05) is 14.0 Å². The maximum atomic E-state index is 13.8. The molecule has 136 valence electrons. The van der Waals surface area contributed by atoms with E-state index >= 15 is 0 Å². The molecule has 0 bridgehead atoms. The van der Waals surface area contributed by atoms with Gasteiger partial charge in [0, 0.05) is 31.1 Å². The molecule has 0 unspecified atom stereocenters. The monoisotopic (exact) mass is 348 g/mol. The molecule has 6 nitrogen and oxygen atoms in total. The first kappa shape index (κ1) is 18.0. The minimum Gasteiger partial charge on any atom is -0.387 e. The van der Waals surface area contributed by atoms with Crippen molar-refractivity contribution in [1.29, 1.82) is 0 Å². The molecule has 0 spiro atoms. The fourth-order valence-electron chi connectivity index (χ4n) is 3.28. The molecular weight excluding hydrogens is 323 g/mol. The molecule has 1 saturated heterocycles. The van der Waals surface area contributed by atoms with Crippen molar-refractivity contribution in [2.75, 3.05) is 26.7 Å². The number of aliphatic hydroxyl groups is 1. The van der Waals surface area contributed by atoms with Crippen LogP contribution in [-0.4, -0.2) is 57.8 Å². The third-order valence-electron chi connectivity index (χ3n) is 4.77. The highest BCUT2D eigenvalue weighted by Crippen LogP contribution is 2.22. The predicted molar refractivity (Wildman–Crippen MR) is 91.3 cm³/mol. The number of rotatable bonds is 7. The summed E-state index contributed by atoms with van der Waals surface area (Å²) in [6.07, 6.45) is 0.926. The van der Waals surface area contributed by atoms with Gasteiger partial charge in [0.15, 0.2) is 5.82 Å². The van der Waals surface area contributed by atoms with Gasteiger partial charge < -0.3 is 9.63 Å². The fourth-order valence-corrected chi connectivity index (χ4v) is 3.28. The number of aromatic nitrogens is 2. The zero-order valence-corrected chi connectivity index (χ0v) is 14.7. The Morgan fingerprint density at radius 3 is 2.96 bits per heavy atom. The van der Waals surface area contributed by atoms with E-state index in [4.69, 9.17) is 4.52 Å². The van der Waals surface area contributed by atoms with Crippen molar-refractivity contribution in [1.82, 2.24) is 19.9 Å². The first-order valence-electron chi connectivity index (χ1n) is 8.73. The summed E-state index contributed by atoms with van der Waals surface area (Å²) in [6.45, 7) is 4.77. The Hall–Kier alpha value is -1.83. The van der Waals surface area contributed by atoms with Crippen LogP contribution in [0.15, 0.2) is 28.8 Å². The smallest absolute Gasteiger partial charge is 0.226 e. The van der Waals surface area contributed by atoms with E-state index in [-0.39, 0.29) is 5.82 Å². The van der Waals surface area contributed by atoms with Gasteiger partial charge in [0.1, 0.15) is 5.82 Å². The third kappa shape index (κ3) is 4.42. The molecule has 1 aliphatic heterocycles. The standard InChI is InChI=1S/C18H25FN4O2/c1-3-18-20-17(21-25-18)12-22(2)13-8-9-23(10-13)11-16(24)14-6-4-5-7-15(14)19/h4-7,13,16,24H,3,8-12H2,1-2H3/t13-,16+/m0/s1. The maximum absolute atomic E-state index is 13.8. The van der Waals surface area contributed by atoms with Crippen molar-refractivity contribution >= 4 is 0 Å². The molecule has 1 fully saturated rings. The van der Waals surface area contributed by atoms with Crippen molar-refractivity contribution in [2.24, 2.45) is 0 Å². The highest BCUT2D eigenvalue weighted by molar-refractivity contribution is 5.20. The van der Waals surface area contributed by atoms with Crippen LogP contribution in [0.4, 0.5) is 4.39 Å². The van der Waals surface area contributed by atoms with Gasteiger partial charge in [-0.15, -0.1) is 0 Å². The van der Waals surface area contributed by atoms with E-state index < -0.39 is 6.10 Å². The highest BCUT2D eigenvalue weighted by atomic mass is 19.1. The minimum atomic E-state index is -0.811. The van der Waals surface area contributed by atoms with Crippen LogP contribution in [0.3, 0.4) is 0 Å². The molecular formula is C18H25FN4O2. The Morgan fingerprint density at radius 1 is 1.44 bits per heavy atom. The molecule has 0 radical (unpaired) electrons. The van der Waals surface area contributed by atoms with E-state index in [1.165, 1.54) is 6.07 Å². The molecule has 0 saturated carbocycles. The number of β-amino-alcohol motifs (C(OH)–C–C–N with tert-alkyl or cyclic N) is 1. The van der Waals surface area contributed by atoms with Crippen LogP contribution in [0.25, 0.3) is 0 Å². The topological polar surface area (TPSA) is 65.6 Å². The van der Waals surface area contributed by atoms with E-state index in [2.05, 4.69) is 19.9 Å². The van der Waals surface area contributed by atoms with Gasteiger partial charge in [0.2, 0.25) is 5.89 Å². The number of hydrogen-bond acceptors (Lipinski definition) is 6. The Balaban J connectivity index is 1.51. The fraction of sp³-hybridized carbons (Fsp3) is 0.556. The molecule has 25 heavy (non-hydrogen) atoms. The Bertz CT molecular complexity index is 693. The number of benzene rings is 1. The van der Waals surface area contributed by atoms with Crippen LogP contribution in [0.2, 0.25) is 0 Å². The van der Waals surface area contributed by atoms with Gasteiger partial charge >= 0.3 is 0 Å². The van der Waals surface area contributed by atoms with Crippen LogP contribution in [0.1, 0.15) is 36.7 Å². The Kier molecular flexibility index (Phi) is 5.78. The van der Waals surface area contributed by atoms with Gasteiger partial charge in [-0.3, -0.25) is 9.80 Å². The summed E-state index contributed by atoms with van der Waals surface area (Å²) in [6, 6.07) is 6.76. The van der Waals surface area contributed by atoms with E-state index in [0.717, 1.165) is 25.9 Å². The van der Waals surface area contributed by atoms with Gasteiger partial charge in [-0.05, 0) is 26.1 Å². The first-order valence-corrected chi connectivity index (χ1v) is 8.73. The zero-order valence-electron chi connectivity index (χ0n) is 14.7. The number of aliphatic hydroxyl groups excluding tert-OH is 1. The van der Waals surface area contributed by atoms with Crippen LogP contribution < -0.4 is 0 Å². The second kappa shape index (κ2) is 8.03. The number of aryl methyl sites for hydroxylation is 1. The second-order valence-electron chi connectivity index (χ2n) is 6.61. The molecule has 1 aromatic heterocycles. The molecule has 2 atom stereocenters. The molecule has 1 aliphatic rings. The van der Waals surface area contributed by atoms with Crippen LogP contribution in [0.5, 0.6) is 0 Å². The summed E-state index contributed by atoms with van der Waals surface area (Å²) in [4.78, 5) is 8.72. The molecule has 1 N–H and O–H groups in total. The largest absolute Gasteiger partial charge is 0.387 e. The molecule has 2 heterocycles. The van der Waals surface area contributed by atoms with E-state index in [1.54, 1.807) is 18.2 Å². The Morgan fingerprint density at radius 2 is 2.24 bits per heavy atom. The molecule has 7 heteroatoms. The van der Waals surface area contributed by atoms with Gasteiger partial charge in [0.05, 0.1) is 12.6 Å². The Labute approximate surface area is 147 Å². The summed E-state index contributed by atoms with van der Waals surface area (Å²) >= 11 is 0. The van der Waals surface area contributed by atoms with E-state index in [9.17, 15) is 9.50 Å². The van der Waals surface area contributed by atoms with Gasteiger partial charge in [-0.1, -0.05) is 30.3 Å². The zero-order chi connectivity index (χ0) is 17.8. The third-order valence-corrected chi connectivity index (χ3v) is 4.77. The lowest BCUT2D eigenvalue weighted by Crippen LogP contribution is -2.35. The number of likely N-dealkylation sites (N-methyl/N-ethyl adjacent to an activating group) is 1. The van der Waals surface area contributed by atoms with Crippen LogP contribution >= 0.6 is 0 Å². The maximum Gasteiger partial charge on any atom is 0.226 e. The number of likely N-dealkylation sites (tertiary alicyclic amines) is 1. The summed E-state index contributed by atoms with van der Waals surface area (Å²) in [5.41, 5.74) is 0.359. The SMILES string of the molecule is CCc1nc(CN(C)[C@H]2CCN(C[C@@H](O)c3ccccc3F)C2)no1. The lowest BCUT2D eigenvalue weighted by molar-refractivity contribution is 0.117. The summed E-state index contributed by atoms with van der Waals surface area (Å²) in [5.74, 6) is 1.00. The summed E-state index contributed by atoms with van der Waals surface area (Å²) < 4.78 is 18.9.